The molecule has 0 unspecified atom stereocenters. The van der Waals surface area contributed by atoms with Crippen LogP contribution in [0.2, 0.25) is 0 Å². The summed E-state index contributed by atoms with van der Waals surface area (Å²) in [6.45, 7) is 2.43. The lowest BCUT2D eigenvalue weighted by molar-refractivity contribution is 0.391. The second-order valence-electron chi connectivity index (χ2n) is 6.46. The molecule has 0 spiro atoms. The fourth-order valence-electron chi connectivity index (χ4n) is 3.19. The molecule has 2 aromatic rings. The van der Waals surface area contributed by atoms with Gasteiger partial charge in [0.1, 0.15) is 10.1 Å². The summed E-state index contributed by atoms with van der Waals surface area (Å²) in [5.74, 6) is 2.57. The van der Waals surface area contributed by atoms with E-state index in [-0.39, 0.29) is 5.56 Å². The highest BCUT2D eigenvalue weighted by atomic mass is 32.2. The Morgan fingerprint density at radius 3 is 2.96 bits per heavy atom. The normalized spacial score (nSPS) is 15.5. The molecule has 0 atom stereocenters. The first-order valence-electron chi connectivity index (χ1n) is 8.52. The van der Waals surface area contributed by atoms with Crippen molar-refractivity contribution in [3.05, 3.63) is 39.9 Å². The zero-order valence-corrected chi connectivity index (χ0v) is 15.6. The van der Waals surface area contributed by atoms with E-state index in [0.717, 1.165) is 27.1 Å². The number of hydrogen-bond donors (Lipinski definition) is 2. The SMILES string of the molecule is Cc1nc2ccc(CNC(=S)SCC3CCCCC3)cc2c(=O)[nH]1. The Kier molecular flexibility index (Phi) is 5.89. The third kappa shape index (κ3) is 4.57. The average Bonchev–Trinajstić information content (AvgIpc) is 2.59. The Labute approximate surface area is 151 Å². The highest BCUT2D eigenvalue weighted by Crippen LogP contribution is 2.26. The summed E-state index contributed by atoms with van der Waals surface area (Å²) in [6, 6.07) is 5.78. The van der Waals surface area contributed by atoms with Gasteiger partial charge in [-0.3, -0.25) is 4.79 Å². The molecule has 0 amide bonds. The summed E-state index contributed by atoms with van der Waals surface area (Å²) < 4.78 is 0.844. The first-order valence-corrected chi connectivity index (χ1v) is 9.91. The summed E-state index contributed by atoms with van der Waals surface area (Å²) in [5, 5.41) is 3.92. The van der Waals surface area contributed by atoms with Gasteiger partial charge in [0.25, 0.3) is 5.56 Å². The second-order valence-corrected chi connectivity index (χ2v) is 8.16. The van der Waals surface area contributed by atoms with Crippen LogP contribution in [0.3, 0.4) is 0 Å². The molecule has 6 heteroatoms. The van der Waals surface area contributed by atoms with Crippen molar-refractivity contribution in [3.63, 3.8) is 0 Å². The number of thiocarbonyl (C=S) groups is 1. The maximum Gasteiger partial charge on any atom is 0.258 e. The molecule has 0 bridgehead atoms. The van der Waals surface area contributed by atoms with E-state index >= 15 is 0 Å². The highest BCUT2D eigenvalue weighted by molar-refractivity contribution is 8.22. The molecule has 2 N–H and O–H groups in total. The van der Waals surface area contributed by atoms with E-state index in [1.54, 1.807) is 18.7 Å². The number of nitrogens with one attached hydrogen (secondary N) is 2. The lowest BCUT2D eigenvalue weighted by Gasteiger charge is -2.21. The Morgan fingerprint density at radius 1 is 1.38 bits per heavy atom. The third-order valence-electron chi connectivity index (χ3n) is 4.50. The minimum atomic E-state index is -0.0893. The van der Waals surface area contributed by atoms with E-state index in [1.807, 2.05) is 18.2 Å². The van der Waals surface area contributed by atoms with Crippen LogP contribution >= 0.6 is 24.0 Å². The van der Waals surface area contributed by atoms with Gasteiger partial charge in [0.2, 0.25) is 0 Å². The van der Waals surface area contributed by atoms with Gasteiger partial charge in [-0.25, -0.2) is 4.98 Å². The lowest BCUT2D eigenvalue weighted by Crippen LogP contribution is -2.20. The molecule has 0 saturated heterocycles. The molecule has 24 heavy (non-hydrogen) atoms. The van der Waals surface area contributed by atoms with Gasteiger partial charge in [0.05, 0.1) is 10.9 Å². The molecule has 1 aromatic heterocycles. The monoisotopic (exact) mass is 361 g/mol. The van der Waals surface area contributed by atoms with E-state index in [1.165, 1.54) is 32.1 Å². The molecule has 1 fully saturated rings. The average molecular weight is 362 g/mol. The number of thioether (sulfide) groups is 1. The highest BCUT2D eigenvalue weighted by Gasteiger charge is 2.14. The van der Waals surface area contributed by atoms with Crippen LogP contribution in [0.25, 0.3) is 10.9 Å². The first kappa shape index (κ1) is 17.4. The van der Waals surface area contributed by atoms with Crippen LogP contribution in [0.5, 0.6) is 0 Å². The van der Waals surface area contributed by atoms with E-state index < -0.39 is 0 Å². The fourth-order valence-corrected chi connectivity index (χ4v) is 4.36. The van der Waals surface area contributed by atoms with Gasteiger partial charge in [-0.2, -0.15) is 0 Å². The quantitative estimate of drug-likeness (QED) is 0.809. The Balaban J connectivity index is 1.55. The molecule has 3 rings (SSSR count). The van der Waals surface area contributed by atoms with Gasteiger partial charge in [0, 0.05) is 12.3 Å². The molecule has 1 heterocycles. The standard InChI is InChI=1S/C18H23N3OS2/c1-12-20-16-8-7-14(9-15(16)17(22)21-12)10-19-18(23)24-11-13-5-3-2-4-6-13/h7-9,13H,2-6,10-11H2,1H3,(H,19,23)(H,20,21,22). The van der Waals surface area contributed by atoms with Crippen LogP contribution < -0.4 is 10.9 Å². The summed E-state index contributed by atoms with van der Waals surface area (Å²) in [6.07, 6.45) is 6.80. The zero-order valence-electron chi connectivity index (χ0n) is 13.9. The van der Waals surface area contributed by atoms with Crippen molar-refractivity contribution in [1.82, 2.24) is 15.3 Å². The minimum absolute atomic E-state index is 0.0893. The van der Waals surface area contributed by atoms with Gasteiger partial charge < -0.3 is 10.3 Å². The third-order valence-corrected chi connectivity index (χ3v) is 6.04. The Hall–Kier alpha value is -1.40. The van der Waals surface area contributed by atoms with Crippen LogP contribution in [0, 0.1) is 12.8 Å². The number of aromatic amines is 1. The predicted molar refractivity (Wildman–Crippen MR) is 106 cm³/mol. The van der Waals surface area contributed by atoms with Gasteiger partial charge in [-0.1, -0.05) is 49.3 Å². The Bertz CT molecular complexity index is 781. The molecular weight excluding hydrogens is 338 g/mol. The lowest BCUT2D eigenvalue weighted by atomic mass is 9.91. The van der Waals surface area contributed by atoms with Crippen LogP contribution in [-0.2, 0) is 6.54 Å². The number of H-pyrrole nitrogens is 1. The molecular formula is C18H23N3OS2. The fraction of sp³-hybridized carbons (Fsp3) is 0.500. The largest absolute Gasteiger partial charge is 0.367 e. The number of aromatic nitrogens is 2. The van der Waals surface area contributed by atoms with Crippen molar-refractivity contribution >= 4 is 39.2 Å². The second kappa shape index (κ2) is 8.12. The van der Waals surface area contributed by atoms with E-state index in [0.29, 0.717) is 17.8 Å². The maximum absolute atomic E-state index is 12.0. The molecule has 0 aliphatic heterocycles. The minimum Gasteiger partial charge on any atom is -0.367 e. The van der Waals surface area contributed by atoms with Crippen LogP contribution in [-0.4, -0.2) is 20.0 Å². The van der Waals surface area contributed by atoms with Gasteiger partial charge in [0.15, 0.2) is 0 Å². The molecule has 4 nitrogen and oxygen atoms in total. The number of rotatable bonds is 4. The van der Waals surface area contributed by atoms with Crippen molar-refractivity contribution < 1.29 is 0 Å². The Morgan fingerprint density at radius 2 is 2.17 bits per heavy atom. The summed E-state index contributed by atoms with van der Waals surface area (Å²) >= 11 is 7.18. The van der Waals surface area contributed by atoms with Crippen LogP contribution in [0.1, 0.15) is 43.5 Å². The van der Waals surface area contributed by atoms with Crippen molar-refractivity contribution in [1.29, 1.82) is 0 Å². The van der Waals surface area contributed by atoms with E-state index in [2.05, 4.69) is 15.3 Å². The van der Waals surface area contributed by atoms with E-state index in [9.17, 15) is 4.79 Å². The first-order chi connectivity index (χ1) is 11.6. The molecule has 0 radical (unpaired) electrons. The van der Waals surface area contributed by atoms with Crippen molar-refractivity contribution in [2.75, 3.05) is 5.75 Å². The summed E-state index contributed by atoms with van der Waals surface area (Å²) in [5.41, 5.74) is 1.68. The van der Waals surface area contributed by atoms with Crippen molar-refractivity contribution in [2.45, 2.75) is 45.6 Å². The molecule has 1 aliphatic rings. The molecule has 128 valence electrons. The number of hydrogen-bond acceptors (Lipinski definition) is 4. The summed E-state index contributed by atoms with van der Waals surface area (Å²) in [4.78, 5) is 19.1. The topological polar surface area (TPSA) is 57.8 Å². The van der Waals surface area contributed by atoms with Crippen LogP contribution in [0.4, 0.5) is 0 Å². The van der Waals surface area contributed by atoms with Gasteiger partial charge in [-0.15, -0.1) is 0 Å². The van der Waals surface area contributed by atoms with Gasteiger partial charge in [-0.05, 0) is 43.4 Å². The zero-order chi connectivity index (χ0) is 16.9. The maximum atomic E-state index is 12.0. The van der Waals surface area contributed by atoms with E-state index in [4.69, 9.17) is 12.2 Å². The van der Waals surface area contributed by atoms with Gasteiger partial charge >= 0.3 is 0 Å². The predicted octanol–water partition coefficient (Wildman–Crippen LogP) is 3.92. The number of fused-ring (bicyclic) bond motifs is 1. The number of benzene rings is 1. The smallest absolute Gasteiger partial charge is 0.258 e. The molecule has 1 saturated carbocycles. The molecule has 1 aliphatic carbocycles. The molecule has 1 aromatic carbocycles. The summed E-state index contributed by atoms with van der Waals surface area (Å²) in [7, 11) is 0. The number of aryl methyl sites for hydroxylation is 1. The van der Waals surface area contributed by atoms with Crippen LogP contribution in [0.15, 0.2) is 23.0 Å². The van der Waals surface area contributed by atoms with Crippen molar-refractivity contribution in [3.8, 4) is 0 Å². The number of nitrogens with zero attached hydrogens (tertiary/aromatic N) is 1. The van der Waals surface area contributed by atoms with Crippen molar-refractivity contribution in [2.24, 2.45) is 5.92 Å².